The molecule has 3 rings (SSSR count). The van der Waals surface area contributed by atoms with Crippen LogP contribution < -0.4 is 17.0 Å². The first-order valence-electron chi connectivity index (χ1n) is 8.68. The van der Waals surface area contributed by atoms with Gasteiger partial charge in [0, 0.05) is 19.0 Å². The molecule has 0 saturated carbocycles. The maximum atomic E-state index is 12.9. The second-order valence-electron chi connectivity index (χ2n) is 6.12. The topological polar surface area (TPSA) is 87.8 Å². The summed E-state index contributed by atoms with van der Waals surface area (Å²) in [4.78, 5) is 25.7. The number of alkyl halides is 1. The van der Waals surface area contributed by atoms with Gasteiger partial charge in [-0.15, -0.1) is 11.6 Å². The van der Waals surface area contributed by atoms with E-state index in [0.717, 1.165) is 5.56 Å². The quantitative estimate of drug-likeness (QED) is 0.638. The summed E-state index contributed by atoms with van der Waals surface area (Å²) in [6, 6.07) is 9.87. The minimum atomic E-state index is -0.388. The van der Waals surface area contributed by atoms with E-state index < -0.39 is 0 Å². The van der Waals surface area contributed by atoms with E-state index in [0.29, 0.717) is 44.0 Å². The highest BCUT2D eigenvalue weighted by Crippen LogP contribution is 2.16. The number of halogens is 1. The minimum Gasteiger partial charge on any atom is -0.383 e. The van der Waals surface area contributed by atoms with Crippen molar-refractivity contribution in [1.82, 2.24) is 18.9 Å². The Hall–Kier alpha value is -2.54. The Balaban J connectivity index is 2.17. The van der Waals surface area contributed by atoms with Crippen LogP contribution in [-0.4, -0.2) is 24.8 Å². The highest BCUT2D eigenvalue weighted by molar-refractivity contribution is 6.17. The summed E-state index contributed by atoms with van der Waals surface area (Å²) < 4.78 is 4.28. The zero-order chi connectivity index (χ0) is 18.7. The van der Waals surface area contributed by atoms with E-state index in [-0.39, 0.29) is 22.5 Å². The van der Waals surface area contributed by atoms with E-state index in [4.69, 9.17) is 17.3 Å². The van der Waals surface area contributed by atoms with Gasteiger partial charge in [-0.3, -0.25) is 13.9 Å². The van der Waals surface area contributed by atoms with Crippen LogP contribution >= 0.6 is 11.6 Å². The van der Waals surface area contributed by atoms with Crippen LogP contribution in [0.4, 0.5) is 5.82 Å². The number of fused-ring (bicyclic) bond motifs is 1. The van der Waals surface area contributed by atoms with Gasteiger partial charge in [0.2, 0.25) is 0 Å². The maximum absolute atomic E-state index is 12.9. The molecule has 7 nitrogen and oxygen atoms in total. The lowest BCUT2D eigenvalue weighted by molar-refractivity contribution is 0.557. The molecule has 0 aliphatic carbocycles. The molecule has 0 fully saturated rings. The first kappa shape index (κ1) is 18.3. The molecule has 1 aromatic carbocycles. The Labute approximate surface area is 155 Å². The van der Waals surface area contributed by atoms with E-state index in [9.17, 15) is 9.59 Å². The summed E-state index contributed by atoms with van der Waals surface area (Å²) >= 11 is 5.80. The summed E-state index contributed by atoms with van der Waals surface area (Å²) in [7, 11) is 0. The van der Waals surface area contributed by atoms with Crippen LogP contribution in [0.2, 0.25) is 0 Å². The number of nitrogens with zero attached hydrogens (tertiary/aromatic N) is 4. The molecule has 0 radical (unpaired) electrons. The van der Waals surface area contributed by atoms with E-state index >= 15 is 0 Å². The third-order valence-electron chi connectivity index (χ3n) is 4.36. The molecule has 3 aromatic rings. The van der Waals surface area contributed by atoms with Gasteiger partial charge in [-0.25, -0.2) is 9.48 Å². The number of hydrogen-bond donors (Lipinski definition) is 1. The Morgan fingerprint density at radius 3 is 2.46 bits per heavy atom. The number of nitrogen functional groups attached to an aromatic ring is 1. The van der Waals surface area contributed by atoms with Crippen LogP contribution in [0.25, 0.3) is 11.0 Å². The second-order valence-corrected chi connectivity index (χ2v) is 6.50. The van der Waals surface area contributed by atoms with Crippen molar-refractivity contribution in [2.45, 2.75) is 39.4 Å². The van der Waals surface area contributed by atoms with Gasteiger partial charge in [-0.1, -0.05) is 37.3 Å². The zero-order valence-electron chi connectivity index (χ0n) is 14.7. The van der Waals surface area contributed by atoms with Crippen LogP contribution in [0.1, 0.15) is 18.9 Å². The fraction of sp³-hybridized carbons (Fsp3) is 0.389. The number of aromatic nitrogens is 4. The van der Waals surface area contributed by atoms with Crippen molar-refractivity contribution in [3.05, 3.63) is 56.7 Å². The smallest absolute Gasteiger partial charge is 0.332 e. The van der Waals surface area contributed by atoms with Crippen LogP contribution in [-0.2, 0) is 26.1 Å². The average molecular weight is 376 g/mol. The molecule has 0 spiro atoms. The Bertz CT molecular complexity index is 1020. The van der Waals surface area contributed by atoms with Gasteiger partial charge in [0.15, 0.2) is 5.65 Å². The summed E-state index contributed by atoms with van der Waals surface area (Å²) in [6.45, 7) is 3.06. The number of nitrogens with two attached hydrogens (primary N) is 1. The van der Waals surface area contributed by atoms with Gasteiger partial charge in [-0.05, 0) is 18.4 Å². The number of hydrogen-bond acceptors (Lipinski definition) is 4. The Morgan fingerprint density at radius 1 is 1.08 bits per heavy atom. The van der Waals surface area contributed by atoms with E-state index in [1.165, 1.54) is 9.25 Å². The lowest BCUT2D eigenvalue weighted by atomic mass is 10.1. The molecular weight excluding hydrogens is 354 g/mol. The first-order chi connectivity index (χ1) is 12.6. The van der Waals surface area contributed by atoms with Crippen LogP contribution in [0.5, 0.6) is 0 Å². The number of anilines is 1. The highest BCUT2D eigenvalue weighted by atomic mass is 35.5. The molecule has 8 heteroatoms. The van der Waals surface area contributed by atoms with Crippen LogP contribution in [0.3, 0.4) is 0 Å². The minimum absolute atomic E-state index is 0.254. The highest BCUT2D eigenvalue weighted by Gasteiger charge is 2.20. The first-order valence-corrected chi connectivity index (χ1v) is 9.21. The molecule has 0 aliphatic heterocycles. The largest absolute Gasteiger partial charge is 0.383 e. The molecular formula is C18H22ClN5O2. The van der Waals surface area contributed by atoms with E-state index in [1.54, 1.807) is 4.57 Å². The third-order valence-corrected chi connectivity index (χ3v) is 4.53. The lowest BCUT2D eigenvalue weighted by Gasteiger charge is -2.11. The maximum Gasteiger partial charge on any atom is 0.332 e. The second kappa shape index (κ2) is 7.78. The fourth-order valence-electron chi connectivity index (χ4n) is 3.07. The van der Waals surface area contributed by atoms with Crippen molar-refractivity contribution >= 4 is 28.5 Å². The Kier molecular flexibility index (Phi) is 5.46. The monoisotopic (exact) mass is 375 g/mol. The van der Waals surface area contributed by atoms with Gasteiger partial charge >= 0.3 is 5.69 Å². The molecule has 138 valence electrons. The Morgan fingerprint density at radius 2 is 1.81 bits per heavy atom. The summed E-state index contributed by atoms with van der Waals surface area (Å²) in [5.41, 5.74) is 6.82. The molecule has 0 unspecified atom stereocenters. The summed E-state index contributed by atoms with van der Waals surface area (Å²) in [5.74, 6) is 0.569. The molecule has 2 heterocycles. The van der Waals surface area contributed by atoms with Gasteiger partial charge in [0.05, 0.1) is 6.54 Å². The van der Waals surface area contributed by atoms with Crippen molar-refractivity contribution in [3.8, 4) is 0 Å². The lowest BCUT2D eigenvalue weighted by Crippen LogP contribution is -2.40. The van der Waals surface area contributed by atoms with E-state index in [1.807, 2.05) is 37.3 Å². The molecule has 2 N–H and O–H groups in total. The predicted octanol–water partition coefficient (Wildman–Crippen LogP) is 1.83. The van der Waals surface area contributed by atoms with Crippen molar-refractivity contribution in [2.75, 3.05) is 11.6 Å². The van der Waals surface area contributed by atoms with Crippen LogP contribution in [0, 0.1) is 0 Å². The molecule has 2 aromatic heterocycles. The molecule has 0 saturated heterocycles. The summed E-state index contributed by atoms with van der Waals surface area (Å²) in [6.07, 6.45) is 1.33. The van der Waals surface area contributed by atoms with Crippen LogP contribution in [0.15, 0.2) is 39.9 Å². The van der Waals surface area contributed by atoms with Crippen molar-refractivity contribution < 1.29 is 0 Å². The van der Waals surface area contributed by atoms with Gasteiger partial charge < -0.3 is 5.73 Å². The van der Waals surface area contributed by atoms with Gasteiger partial charge in [-0.2, -0.15) is 5.10 Å². The molecule has 0 bridgehead atoms. The molecule has 0 aliphatic rings. The number of aryl methyl sites for hydroxylation is 3. The fourth-order valence-corrected chi connectivity index (χ4v) is 3.23. The van der Waals surface area contributed by atoms with Crippen molar-refractivity contribution in [3.63, 3.8) is 0 Å². The average Bonchev–Trinajstić information content (AvgIpc) is 2.96. The van der Waals surface area contributed by atoms with E-state index in [2.05, 4.69) is 5.10 Å². The van der Waals surface area contributed by atoms with Gasteiger partial charge in [0.1, 0.15) is 11.2 Å². The zero-order valence-corrected chi connectivity index (χ0v) is 15.4. The van der Waals surface area contributed by atoms with Crippen molar-refractivity contribution in [2.24, 2.45) is 0 Å². The standard InChI is InChI=1S/C18H22ClN5O2/c1-2-10-23-17(25)14-15(20)24(12-9-19)21-16(14)22(18(23)26)11-8-13-6-4-3-5-7-13/h3-7H,2,8-12,20H2,1H3. The van der Waals surface area contributed by atoms with Gasteiger partial charge in [0.25, 0.3) is 5.56 Å². The SMILES string of the molecule is CCCn1c(=O)c2c(N)n(CCCl)nc2n(CCc2ccccc2)c1=O. The third kappa shape index (κ3) is 3.26. The number of rotatable bonds is 7. The molecule has 0 amide bonds. The van der Waals surface area contributed by atoms with Crippen molar-refractivity contribution in [1.29, 1.82) is 0 Å². The summed E-state index contributed by atoms with van der Waals surface area (Å²) in [5, 5.41) is 4.68. The predicted molar refractivity (Wildman–Crippen MR) is 104 cm³/mol. The molecule has 0 atom stereocenters. The normalized spacial score (nSPS) is 11.3. The number of benzene rings is 1. The molecule has 26 heavy (non-hydrogen) atoms.